The van der Waals surface area contributed by atoms with Gasteiger partial charge in [0.05, 0.1) is 25.4 Å². The van der Waals surface area contributed by atoms with E-state index in [1.165, 1.54) is 5.56 Å². The molecule has 4 aromatic rings. The minimum absolute atomic E-state index is 0.134. The van der Waals surface area contributed by atoms with Gasteiger partial charge in [0.1, 0.15) is 16.9 Å². The molecule has 0 bridgehead atoms. The molecule has 1 aromatic heterocycles. The highest BCUT2D eigenvalue weighted by molar-refractivity contribution is 8.02. The number of carbonyl (C=O) groups excluding carboxylic acids is 1. The normalized spacial score (nSPS) is 15.9. The molecule has 37 heavy (non-hydrogen) atoms. The fraction of sp³-hybridized carbons (Fsp3) is 0.214. The highest BCUT2D eigenvalue weighted by atomic mass is 32.2. The van der Waals surface area contributed by atoms with Crippen molar-refractivity contribution in [2.24, 2.45) is 5.92 Å². The van der Waals surface area contributed by atoms with Crippen molar-refractivity contribution < 1.29 is 14.3 Å². The number of nitrogens with zero attached hydrogens (tertiary/aromatic N) is 1. The molecule has 1 atom stereocenters. The Morgan fingerprint density at radius 1 is 1.03 bits per heavy atom. The van der Waals surface area contributed by atoms with Gasteiger partial charge in [0.15, 0.2) is 5.82 Å². The van der Waals surface area contributed by atoms with Crippen molar-refractivity contribution in [3.8, 4) is 11.5 Å². The number of methoxy groups -OCH3 is 2. The standard InChI is InChI=1S/C17H16N4OS.C11H13NO2/c1-22-15-7-6-11(17-18-8-9-23-17)10-14(15)19-16-12-4-2-3-5-13(12)20-21-16;1-14-10-6-4-9(5-7-10)12-11(13)8-2-3-8/h2-10,17-18H,1H3,(H2,19,20,21);4-8H,2-3H2,1H3,(H,12,13). The number of ether oxygens (including phenoxy) is 2. The molecule has 0 radical (unpaired) electrons. The van der Waals surface area contributed by atoms with Crippen LogP contribution in [-0.4, -0.2) is 30.3 Å². The number of amides is 1. The maximum absolute atomic E-state index is 11.4. The molecule has 1 aliphatic carbocycles. The van der Waals surface area contributed by atoms with Gasteiger partial charge in [0.2, 0.25) is 5.91 Å². The third kappa shape index (κ3) is 6.00. The first kappa shape index (κ1) is 24.6. The molecule has 190 valence electrons. The van der Waals surface area contributed by atoms with Crippen LogP contribution in [0.2, 0.25) is 0 Å². The van der Waals surface area contributed by atoms with Crippen molar-refractivity contribution in [3.05, 3.63) is 83.9 Å². The van der Waals surface area contributed by atoms with Gasteiger partial charge >= 0.3 is 0 Å². The zero-order chi connectivity index (χ0) is 25.6. The van der Waals surface area contributed by atoms with E-state index in [4.69, 9.17) is 9.47 Å². The average Bonchev–Trinajstić information content (AvgIpc) is 3.50. The Balaban J connectivity index is 0.000000171. The summed E-state index contributed by atoms with van der Waals surface area (Å²) in [6.45, 7) is 0. The molecule has 0 spiro atoms. The van der Waals surface area contributed by atoms with Crippen molar-refractivity contribution in [2.75, 3.05) is 24.9 Å². The number of hydrogen-bond acceptors (Lipinski definition) is 7. The summed E-state index contributed by atoms with van der Waals surface area (Å²) in [4.78, 5) is 11.4. The smallest absolute Gasteiger partial charge is 0.227 e. The molecule has 1 aliphatic heterocycles. The first-order chi connectivity index (χ1) is 18.1. The monoisotopic (exact) mass is 515 g/mol. The third-order valence-electron chi connectivity index (χ3n) is 6.09. The largest absolute Gasteiger partial charge is 0.497 e. The van der Waals surface area contributed by atoms with Gasteiger partial charge in [-0.3, -0.25) is 9.89 Å². The topological polar surface area (TPSA) is 100 Å². The molecular formula is C28H29N5O3S. The highest BCUT2D eigenvalue weighted by Gasteiger charge is 2.29. The van der Waals surface area contributed by atoms with E-state index in [2.05, 4.69) is 43.7 Å². The Labute approximate surface area is 219 Å². The van der Waals surface area contributed by atoms with Crippen LogP contribution in [0.25, 0.3) is 10.9 Å². The van der Waals surface area contributed by atoms with E-state index in [0.29, 0.717) is 0 Å². The molecule has 4 N–H and O–H groups in total. The lowest BCUT2D eigenvalue weighted by atomic mass is 10.1. The molecule has 0 saturated heterocycles. The molecule has 8 nitrogen and oxygen atoms in total. The predicted molar refractivity (Wildman–Crippen MR) is 149 cm³/mol. The van der Waals surface area contributed by atoms with E-state index in [1.54, 1.807) is 26.0 Å². The Kier molecular flexibility index (Phi) is 7.51. The number of aromatic nitrogens is 2. The Morgan fingerprint density at radius 2 is 1.84 bits per heavy atom. The third-order valence-corrected chi connectivity index (χ3v) is 7.06. The number of nitrogens with one attached hydrogen (secondary N) is 4. The van der Waals surface area contributed by atoms with E-state index in [1.807, 2.05) is 60.8 Å². The molecule has 1 saturated carbocycles. The molecule has 9 heteroatoms. The summed E-state index contributed by atoms with van der Waals surface area (Å²) in [7, 11) is 3.30. The van der Waals surface area contributed by atoms with Crippen molar-refractivity contribution in [2.45, 2.75) is 18.2 Å². The summed E-state index contributed by atoms with van der Waals surface area (Å²) in [6, 6.07) is 21.5. The number of anilines is 3. The number of carbonyl (C=O) groups is 1. The fourth-order valence-corrected chi connectivity index (χ4v) is 4.67. The van der Waals surface area contributed by atoms with Crippen molar-refractivity contribution in [3.63, 3.8) is 0 Å². The molecular weight excluding hydrogens is 486 g/mol. The quantitative estimate of drug-likeness (QED) is 0.234. The molecule has 1 amide bonds. The zero-order valence-corrected chi connectivity index (χ0v) is 21.5. The van der Waals surface area contributed by atoms with Crippen LogP contribution in [0.1, 0.15) is 23.8 Å². The lowest BCUT2D eigenvalue weighted by Gasteiger charge is -2.15. The van der Waals surface area contributed by atoms with E-state index in [0.717, 1.165) is 52.4 Å². The van der Waals surface area contributed by atoms with Crippen LogP contribution >= 0.6 is 11.8 Å². The van der Waals surface area contributed by atoms with Crippen LogP contribution in [0.5, 0.6) is 11.5 Å². The summed E-state index contributed by atoms with van der Waals surface area (Å²) in [5.41, 5.74) is 3.92. The van der Waals surface area contributed by atoms with Crippen molar-refractivity contribution in [1.82, 2.24) is 15.5 Å². The summed E-state index contributed by atoms with van der Waals surface area (Å²) >= 11 is 1.75. The summed E-state index contributed by atoms with van der Waals surface area (Å²) in [6.07, 6.45) is 4.03. The molecule has 2 heterocycles. The minimum Gasteiger partial charge on any atom is -0.497 e. The van der Waals surface area contributed by atoms with Gasteiger partial charge in [0, 0.05) is 23.2 Å². The lowest BCUT2D eigenvalue weighted by molar-refractivity contribution is -0.117. The number of rotatable bonds is 7. The number of H-pyrrole nitrogens is 1. The lowest BCUT2D eigenvalue weighted by Crippen LogP contribution is -2.12. The van der Waals surface area contributed by atoms with Crippen molar-refractivity contribution in [1.29, 1.82) is 0 Å². The van der Waals surface area contributed by atoms with Crippen LogP contribution in [-0.2, 0) is 4.79 Å². The number of benzene rings is 3. The number of fused-ring (bicyclic) bond motifs is 1. The van der Waals surface area contributed by atoms with Crippen molar-refractivity contribution >= 4 is 45.8 Å². The molecule has 6 rings (SSSR count). The Bertz CT molecular complexity index is 1390. The van der Waals surface area contributed by atoms with E-state index >= 15 is 0 Å². The summed E-state index contributed by atoms with van der Waals surface area (Å²) < 4.78 is 10.5. The van der Waals surface area contributed by atoms with Crippen LogP contribution < -0.4 is 25.4 Å². The molecule has 1 fully saturated rings. The second-order valence-corrected chi connectivity index (χ2v) is 9.70. The fourth-order valence-electron chi connectivity index (χ4n) is 3.90. The second kappa shape index (κ2) is 11.3. The van der Waals surface area contributed by atoms with E-state index < -0.39 is 0 Å². The minimum atomic E-state index is 0.134. The average molecular weight is 516 g/mol. The number of para-hydroxylation sites is 1. The van der Waals surface area contributed by atoms with E-state index in [9.17, 15) is 4.79 Å². The number of hydrogen-bond donors (Lipinski definition) is 4. The van der Waals surface area contributed by atoms with Gasteiger partial charge in [-0.05, 0) is 72.3 Å². The van der Waals surface area contributed by atoms with Gasteiger partial charge in [-0.2, -0.15) is 5.10 Å². The van der Waals surface area contributed by atoms with Gasteiger partial charge in [-0.25, -0.2) is 0 Å². The number of thioether (sulfide) groups is 1. The van der Waals surface area contributed by atoms with Gasteiger partial charge in [-0.15, -0.1) is 11.8 Å². The molecule has 3 aromatic carbocycles. The van der Waals surface area contributed by atoms with Crippen LogP contribution in [0.3, 0.4) is 0 Å². The first-order valence-corrected chi connectivity index (χ1v) is 13.0. The van der Waals surface area contributed by atoms with Crippen LogP contribution in [0, 0.1) is 5.92 Å². The zero-order valence-electron chi connectivity index (χ0n) is 20.7. The molecule has 2 aliphatic rings. The maximum Gasteiger partial charge on any atom is 0.227 e. The highest BCUT2D eigenvalue weighted by Crippen LogP contribution is 2.37. The Morgan fingerprint density at radius 3 is 2.54 bits per heavy atom. The summed E-state index contributed by atoms with van der Waals surface area (Å²) in [5.74, 6) is 2.76. The predicted octanol–water partition coefficient (Wildman–Crippen LogP) is 6.17. The summed E-state index contributed by atoms with van der Waals surface area (Å²) in [5, 5.41) is 20.3. The second-order valence-electron chi connectivity index (χ2n) is 8.68. The van der Waals surface area contributed by atoms with Gasteiger partial charge in [0.25, 0.3) is 0 Å². The van der Waals surface area contributed by atoms with Gasteiger partial charge in [-0.1, -0.05) is 18.2 Å². The maximum atomic E-state index is 11.4. The van der Waals surface area contributed by atoms with E-state index in [-0.39, 0.29) is 17.2 Å². The first-order valence-electron chi connectivity index (χ1n) is 12.0. The molecule has 1 unspecified atom stereocenters. The van der Waals surface area contributed by atoms with Crippen LogP contribution in [0.4, 0.5) is 17.2 Å². The van der Waals surface area contributed by atoms with Gasteiger partial charge < -0.3 is 25.4 Å². The Hall–Kier alpha value is -4.11. The SMILES string of the molecule is COc1ccc(C2NC=CS2)cc1Nc1n[nH]c2ccccc12.COc1ccc(NC(=O)C2CC2)cc1. The van der Waals surface area contributed by atoms with Crippen LogP contribution in [0.15, 0.2) is 78.3 Å². The number of aromatic amines is 1.